The van der Waals surface area contributed by atoms with Gasteiger partial charge in [-0.15, -0.1) is 0 Å². The van der Waals surface area contributed by atoms with Crippen molar-refractivity contribution in [1.82, 2.24) is 0 Å². The summed E-state index contributed by atoms with van der Waals surface area (Å²) in [4.78, 5) is 0. The van der Waals surface area contributed by atoms with Gasteiger partial charge in [-0.3, -0.25) is 0 Å². The van der Waals surface area contributed by atoms with Gasteiger partial charge in [0.2, 0.25) is 0 Å². The lowest BCUT2D eigenvalue weighted by Crippen LogP contribution is -2.30. The van der Waals surface area contributed by atoms with E-state index in [1.54, 1.807) is 13.8 Å². The number of ether oxygens (including phenoxy) is 1. The molecule has 0 amide bonds. The van der Waals surface area contributed by atoms with E-state index in [-0.39, 0.29) is 12.7 Å². The topological polar surface area (TPSA) is 49.7 Å². The van der Waals surface area contributed by atoms with Crippen molar-refractivity contribution in [3.63, 3.8) is 0 Å². The van der Waals surface area contributed by atoms with Crippen molar-refractivity contribution in [1.29, 1.82) is 0 Å². The van der Waals surface area contributed by atoms with Gasteiger partial charge in [0, 0.05) is 6.61 Å². The van der Waals surface area contributed by atoms with Crippen LogP contribution in [-0.4, -0.2) is 28.7 Å². The van der Waals surface area contributed by atoms with E-state index in [0.29, 0.717) is 5.92 Å². The lowest BCUT2D eigenvalue weighted by atomic mass is 9.97. The van der Waals surface area contributed by atoms with Gasteiger partial charge < -0.3 is 14.9 Å². The fourth-order valence-corrected chi connectivity index (χ4v) is 1.71. The molecule has 3 nitrogen and oxygen atoms in total. The van der Waals surface area contributed by atoms with E-state index in [9.17, 15) is 5.11 Å². The number of aliphatic hydroxyl groups is 2. The quantitative estimate of drug-likeness (QED) is 0.615. The molecule has 0 aromatic carbocycles. The molecule has 0 spiro atoms. The van der Waals surface area contributed by atoms with Gasteiger partial charge in [0.25, 0.3) is 0 Å². The van der Waals surface area contributed by atoms with E-state index in [4.69, 9.17) is 9.84 Å². The first kappa shape index (κ1) is 14.9. The molecule has 0 aromatic heterocycles. The molecule has 0 fully saturated rings. The lowest BCUT2D eigenvalue weighted by Gasteiger charge is -2.27. The summed E-state index contributed by atoms with van der Waals surface area (Å²) < 4.78 is 5.53. The normalized spacial score (nSPS) is 16.4. The fourth-order valence-electron chi connectivity index (χ4n) is 1.71. The molecule has 0 aromatic rings. The fraction of sp³-hybridized carbons (Fsp3) is 1.00. The van der Waals surface area contributed by atoms with E-state index in [0.717, 1.165) is 25.7 Å². The molecule has 2 N–H and O–H groups in total. The lowest BCUT2D eigenvalue weighted by molar-refractivity contribution is -0.209. The summed E-state index contributed by atoms with van der Waals surface area (Å²) in [6.45, 7) is 7.80. The minimum absolute atomic E-state index is 0.110. The zero-order valence-corrected chi connectivity index (χ0v) is 10.5. The van der Waals surface area contributed by atoms with E-state index in [2.05, 4.69) is 13.8 Å². The number of rotatable bonds is 8. The average Bonchev–Trinajstić information content (AvgIpc) is 2.11. The minimum Gasteiger partial charge on any atom is -0.396 e. The van der Waals surface area contributed by atoms with Gasteiger partial charge in [-0.25, -0.2) is 0 Å². The van der Waals surface area contributed by atoms with E-state index in [1.807, 2.05) is 0 Å². The van der Waals surface area contributed by atoms with Gasteiger partial charge >= 0.3 is 0 Å². The summed E-state index contributed by atoms with van der Waals surface area (Å²) in [6, 6.07) is 0. The third-order valence-electron chi connectivity index (χ3n) is 2.43. The minimum atomic E-state index is -1.04. The molecule has 0 saturated heterocycles. The summed E-state index contributed by atoms with van der Waals surface area (Å²) in [7, 11) is 0. The van der Waals surface area contributed by atoms with Crippen molar-refractivity contribution in [2.24, 2.45) is 5.92 Å². The van der Waals surface area contributed by atoms with Crippen LogP contribution in [0.25, 0.3) is 0 Å². The van der Waals surface area contributed by atoms with Gasteiger partial charge in [-0.1, -0.05) is 13.8 Å². The van der Waals surface area contributed by atoms with E-state index >= 15 is 0 Å². The van der Waals surface area contributed by atoms with Crippen molar-refractivity contribution in [3.8, 4) is 0 Å². The second kappa shape index (κ2) is 7.20. The zero-order valence-electron chi connectivity index (χ0n) is 10.5. The molecule has 2 atom stereocenters. The van der Waals surface area contributed by atoms with Crippen molar-refractivity contribution in [2.45, 2.75) is 65.3 Å². The smallest absolute Gasteiger partial charge is 0.160 e. The molecular formula is C12H26O3. The molecule has 0 bridgehead atoms. The third kappa shape index (κ3) is 8.85. The van der Waals surface area contributed by atoms with E-state index in [1.165, 1.54) is 0 Å². The standard InChI is InChI=1S/C12H26O3/c1-5-11(15-12(3,4)14)9-10(2)7-6-8-13/h10-11,13-14H,5-9H2,1-4H3. The Hall–Kier alpha value is -0.120. The first-order valence-electron chi connectivity index (χ1n) is 5.90. The Morgan fingerprint density at radius 1 is 1.33 bits per heavy atom. The van der Waals surface area contributed by atoms with Crippen molar-refractivity contribution < 1.29 is 14.9 Å². The molecule has 0 heterocycles. The highest BCUT2D eigenvalue weighted by molar-refractivity contribution is 4.65. The largest absolute Gasteiger partial charge is 0.396 e. The Bertz CT molecular complexity index is 151. The first-order valence-corrected chi connectivity index (χ1v) is 5.90. The molecule has 0 saturated carbocycles. The molecule has 0 aliphatic rings. The maximum Gasteiger partial charge on any atom is 0.160 e. The highest BCUT2D eigenvalue weighted by Crippen LogP contribution is 2.20. The van der Waals surface area contributed by atoms with Crippen LogP contribution in [0.4, 0.5) is 0 Å². The average molecular weight is 218 g/mol. The first-order chi connectivity index (χ1) is 6.89. The molecule has 92 valence electrons. The van der Waals surface area contributed by atoms with Crippen LogP contribution < -0.4 is 0 Å². The monoisotopic (exact) mass is 218 g/mol. The zero-order chi connectivity index (χ0) is 11.9. The Morgan fingerprint density at radius 3 is 2.33 bits per heavy atom. The van der Waals surface area contributed by atoms with Crippen LogP contribution in [0.2, 0.25) is 0 Å². The van der Waals surface area contributed by atoms with Crippen molar-refractivity contribution in [3.05, 3.63) is 0 Å². The maximum absolute atomic E-state index is 9.55. The molecular weight excluding hydrogens is 192 g/mol. The molecule has 15 heavy (non-hydrogen) atoms. The summed E-state index contributed by atoms with van der Waals surface area (Å²) in [5.41, 5.74) is 0. The maximum atomic E-state index is 9.55. The Balaban J connectivity index is 3.87. The second-order valence-corrected chi connectivity index (χ2v) is 4.80. The second-order valence-electron chi connectivity index (χ2n) is 4.80. The summed E-state index contributed by atoms with van der Waals surface area (Å²) in [6.07, 6.45) is 3.83. The van der Waals surface area contributed by atoms with Crippen LogP contribution in [0, 0.1) is 5.92 Å². The van der Waals surface area contributed by atoms with Crippen LogP contribution >= 0.6 is 0 Å². The molecule has 0 aliphatic heterocycles. The predicted molar refractivity (Wildman–Crippen MR) is 61.6 cm³/mol. The summed E-state index contributed by atoms with van der Waals surface area (Å²) in [5.74, 6) is -0.512. The summed E-state index contributed by atoms with van der Waals surface area (Å²) in [5, 5.41) is 18.3. The SMILES string of the molecule is CCC(CC(C)CCCO)OC(C)(C)O. The Kier molecular flexibility index (Phi) is 7.14. The highest BCUT2D eigenvalue weighted by atomic mass is 16.6. The van der Waals surface area contributed by atoms with Crippen LogP contribution in [0.1, 0.15) is 53.4 Å². The summed E-state index contributed by atoms with van der Waals surface area (Å²) >= 11 is 0. The molecule has 0 aliphatic carbocycles. The van der Waals surface area contributed by atoms with Gasteiger partial charge in [-0.05, 0) is 45.4 Å². The molecule has 0 rings (SSSR count). The number of aliphatic hydroxyl groups excluding tert-OH is 1. The Morgan fingerprint density at radius 2 is 1.93 bits per heavy atom. The van der Waals surface area contributed by atoms with Crippen LogP contribution in [0.3, 0.4) is 0 Å². The van der Waals surface area contributed by atoms with Crippen molar-refractivity contribution >= 4 is 0 Å². The predicted octanol–water partition coefficient (Wildman–Crippen LogP) is 2.31. The van der Waals surface area contributed by atoms with Gasteiger partial charge in [0.15, 0.2) is 5.79 Å². The number of hydrogen-bond acceptors (Lipinski definition) is 3. The van der Waals surface area contributed by atoms with Gasteiger partial charge in [-0.2, -0.15) is 0 Å². The van der Waals surface area contributed by atoms with E-state index < -0.39 is 5.79 Å². The molecule has 2 unspecified atom stereocenters. The molecule has 0 radical (unpaired) electrons. The third-order valence-corrected chi connectivity index (χ3v) is 2.43. The Labute approximate surface area is 93.5 Å². The van der Waals surface area contributed by atoms with Gasteiger partial charge in [0.1, 0.15) is 0 Å². The highest BCUT2D eigenvalue weighted by Gasteiger charge is 2.20. The number of hydrogen-bond donors (Lipinski definition) is 2. The van der Waals surface area contributed by atoms with Crippen LogP contribution in [0.5, 0.6) is 0 Å². The molecule has 3 heteroatoms. The van der Waals surface area contributed by atoms with Crippen LogP contribution in [0.15, 0.2) is 0 Å². The van der Waals surface area contributed by atoms with Crippen LogP contribution in [-0.2, 0) is 4.74 Å². The van der Waals surface area contributed by atoms with Crippen molar-refractivity contribution in [2.75, 3.05) is 6.61 Å². The van der Waals surface area contributed by atoms with Gasteiger partial charge in [0.05, 0.1) is 6.10 Å².